The van der Waals surface area contributed by atoms with Gasteiger partial charge in [0, 0.05) is 25.2 Å². The van der Waals surface area contributed by atoms with Crippen molar-refractivity contribution in [3.8, 4) is 0 Å². The minimum atomic E-state index is 0.652. The van der Waals surface area contributed by atoms with Crippen molar-refractivity contribution in [1.82, 2.24) is 10.2 Å². The molecule has 112 valence electrons. The summed E-state index contributed by atoms with van der Waals surface area (Å²) in [6.07, 6.45) is 3.77. The summed E-state index contributed by atoms with van der Waals surface area (Å²) < 4.78 is 0. The lowest BCUT2D eigenvalue weighted by Gasteiger charge is -2.42. The molecule has 0 aliphatic carbocycles. The summed E-state index contributed by atoms with van der Waals surface area (Å²) in [5.41, 5.74) is 1.46. The van der Waals surface area contributed by atoms with Gasteiger partial charge in [0.1, 0.15) is 0 Å². The molecule has 2 rings (SSSR count). The Morgan fingerprint density at radius 1 is 1.25 bits per heavy atom. The van der Waals surface area contributed by atoms with Crippen LogP contribution < -0.4 is 5.32 Å². The van der Waals surface area contributed by atoms with Crippen LogP contribution in [-0.4, -0.2) is 36.6 Å². The minimum Gasteiger partial charge on any atom is -0.311 e. The first-order valence-corrected chi connectivity index (χ1v) is 8.22. The largest absolute Gasteiger partial charge is 0.311 e. The summed E-state index contributed by atoms with van der Waals surface area (Å²) in [6.45, 7) is 10.5. The Hall–Kier alpha value is -0.860. The third kappa shape index (κ3) is 4.32. The number of unbranched alkanes of at least 4 members (excludes halogenated alkanes) is 1. The van der Waals surface area contributed by atoms with Crippen LogP contribution in [0.5, 0.6) is 0 Å². The molecule has 1 aliphatic heterocycles. The lowest BCUT2D eigenvalue weighted by Crippen LogP contribution is -2.58. The third-order valence-corrected chi connectivity index (χ3v) is 4.48. The Morgan fingerprint density at radius 3 is 2.65 bits per heavy atom. The zero-order valence-electron chi connectivity index (χ0n) is 13.3. The molecule has 0 saturated carbocycles. The number of hydrogen-bond donors (Lipinski definition) is 1. The van der Waals surface area contributed by atoms with Gasteiger partial charge in [0.25, 0.3) is 0 Å². The smallest absolute Gasteiger partial charge is 0.0261 e. The van der Waals surface area contributed by atoms with Gasteiger partial charge in [-0.05, 0) is 30.9 Å². The number of hydrogen-bond acceptors (Lipinski definition) is 2. The molecule has 1 saturated heterocycles. The summed E-state index contributed by atoms with van der Waals surface area (Å²) in [5.74, 6) is 0.719. The molecule has 2 unspecified atom stereocenters. The van der Waals surface area contributed by atoms with Crippen LogP contribution in [0.25, 0.3) is 0 Å². The Labute approximate surface area is 124 Å². The van der Waals surface area contributed by atoms with Gasteiger partial charge in [-0.2, -0.15) is 0 Å². The Balaban J connectivity index is 1.98. The molecule has 20 heavy (non-hydrogen) atoms. The van der Waals surface area contributed by atoms with E-state index in [0.29, 0.717) is 12.1 Å². The molecule has 0 bridgehead atoms. The van der Waals surface area contributed by atoms with Crippen LogP contribution >= 0.6 is 0 Å². The van der Waals surface area contributed by atoms with Crippen molar-refractivity contribution in [2.24, 2.45) is 5.92 Å². The van der Waals surface area contributed by atoms with Gasteiger partial charge in [0.05, 0.1) is 0 Å². The number of rotatable bonds is 6. The second-order valence-corrected chi connectivity index (χ2v) is 6.45. The van der Waals surface area contributed by atoms with Crippen molar-refractivity contribution < 1.29 is 0 Å². The maximum absolute atomic E-state index is 3.75. The number of nitrogens with zero attached hydrogens (tertiary/aromatic N) is 1. The standard InChI is InChI=1S/C18H30N2/c1-4-5-11-20-14-18(15(2)3)19-13-17(20)12-16-9-7-6-8-10-16/h6-10,15,17-19H,4-5,11-14H2,1-3H3. The lowest BCUT2D eigenvalue weighted by atomic mass is 9.96. The second-order valence-electron chi connectivity index (χ2n) is 6.45. The minimum absolute atomic E-state index is 0.652. The average molecular weight is 274 g/mol. The average Bonchev–Trinajstić information content (AvgIpc) is 2.47. The van der Waals surface area contributed by atoms with E-state index in [4.69, 9.17) is 0 Å². The summed E-state index contributed by atoms with van der Waals surface area (Å²) in [5, 5.41) is 3.75. The van der Waals surface area contributed by atoms with Crippen molar-refractivity contribution >= 4 is 0 Å². The van der Waals surface area contributed by atoms with Gasteiger partial charge in [0.15, 0.2) is 0 Å². The molecule has 2 nitrogen and oxygen atoms in total. The van der Waals surface area contributed by atoms with Crippen molar-refractivity contribution in [1.29, 1.82) is 0 Å². The van der Waals surface area contributed by atoms with Gasteiger partial charge in [-0.3, -0.25) is 4.90 Å². The van der Waals surface area contributed by atoms with Crippen LogP contribution in [0.1, 0.15) is 39.2 Å². The Kier molecular flexibility index (Phi) is 6.06. The highest BCUT2D eigenvalue weighted by atomic mass is 15.2. The van der Waals surface area contributed by atoms with Gasteiger partial charge in [-0.1, -0.05) is 57.5 Å². The maximum atomic E-state index is 3.75. The summed E-state index contributed by atoms with van der Waals surface area (Å²) in [7, 11) is 0. The van der Waals surface area contributed by atoms with E-state index in [1.807, 2.05) is 0 Å². The third-order valence-electron chi connectivity index (χ3n) is 4.48. The predicted octanol–water partition coefficient (Wildman–Crippen LogP) is 3.33. The molecule has 1 aromatic carbocycles. The van der Waals surface area contributed by atoms with Crippen molar-refractivity contribution in [3.63, 3.8) is 0 Å². The van der Waals surface area contributed by atoms with Gasteiger partial charge in [-0.25, -0.2) is 0 Å². The highest BCUT2D eigenvalue weighted by molar-refractivity contribution is 5.16. The van der Waals surface area contributed by atoms with Crippen LogP contribution in [0, 0.1) is 5.92 Å². The molecule has 0 radical (unpaired) electrons. The first-order chi connectivity index (χ1) is 9.70. The maximum Gasteiger partial charge on any atom is 0.0261 e. The molecular weight excluding hydrogens is 244 g/mol. The van der Waals surface area contributed by atoms with Gasteiger partial charge in [0.2, 0.25) is 0 Å². The first-order valence-electron chi connectivity index (χ1n) is 8.22. The molecule has 2 heteroatoms. The highest BCUT2D eigenvalue weighted by Gasteiger charge is 2.28. The van der Waals surface area contributed by atoms with Crippen LogP contribution in [0.4, 0.5) is 0 Å². The van der Waals surface area contributed by atoms with E-state index in [-0.39, 0.29) is 0 Å². The van der Waals surface area contributed by atoms with Crippen molar-refractivity contribution in [2.45, 2.75) is 52.1 Å². The number of piperazine rings is 1. The van der Waals surface area contributed by atoms with E-state index in [1.165, 1.54) is 37.9 Å². The molecule has 0 amide bonds. The molecule has 1 N–H and O–H groups in total. The molecule has 1 fully saturated rings. The zero-order chi connectivity index (χ0) is 14.4. The molecule has 1 aromatic rings. The fourth-order valence-corrected chi connectivity index (χ4v) is 3.05. The number of nitrogens with one attached hydrogen (secondary N) is 1. The molecule has 1 heterocycles. The lowest BCUT2D eigenvalue weighted by molar-refractivity contribution is 0.111. The van der Waals surface area contributed by atoms with Gasteiger partial charge < -0.3 is 5.32 Å². The molecule has 0 spiro atoms. The van der Waals surface area contributed by atoms with Crippen molar-refractivity contribution in [2.75, 3.05) is 19.6 Å². The summed E-state index contributed by atoms with van der Waals surface area (Å²) in [6, 6.07) is 12.2. The topological polar surface area (TPSA) is 15.3 Å². The predicted molar refractivity (Wildman–Crippen MR) is 87.0 cm³/mol. The molecule has 2 atom stereocenters. The van der Waals surface area contributed by atoms with E-state index < -0.39 is 0 Å². The monoisotopic (exact) mass is 274 g/mol. The van der Waals surface area contributed by atoms with Gasteiger partial charge >= 0.3 is 0 Å². The normalized spacial score (nSPS) is 24.2. The summed E-state index contributed by atoms with van der Waals surface area (Å²) >= 11 is 0. The molecular formula is C18H30N2. The van der Waals surface area contributed by atoms with E-state index in [9.17, 15) is 0 Å². The first kappa shape index (κ1) is 15.5. The SMILES string of the molecule is CCCCN1CC(C(C)C)NCC1Cc1ccccc1. The van der Waals surface area contributed by atoms with Crippen LogP contribution in [-0.2, 0) is 6.42 Å². The fraction of sp³-hybridized carbons (Fsp3) is 0.667. The van der Waals surface area contributed by atoms with Crippen molar-refractivity contribution in [3.05, 3.63) is 35.9 Å². The second kappa shape index (κ2) is 7.80. The fourth-order valence-electron chi connectivity index (χ4n) is 3.05. The molecule has 0 aromatic heterocycles. The Bertz CT molecular complexity index is 374. The Morgan fingerprint density at radius 2 is 2.00 bits per heavy atom. The van der Waals surface area contributed by atoms with E-state index in [0.717, 1.165) is 12.5 Å². The van der Waals surface area contributed by atoms with Crippen LogP contribution in [0.15, 0.2) is 30.3 Å². The number of benzene rings is 1. The quantitative estimate of drug-likeness (QED) is 0.856. The van der Waals surface area contributed by atoms with Crippen LogP contribution in [0.2, 0.25) is 0 Å². The van der Waals surface area contributed by atoms with E-state index >= 15 is 0 Å². The van der Waals surface area contributed by atoms with E-state index in [1.54, 1.807) is 0 Å². The van der Waals surface area contributed by atoms with Gasteiger partial charge in [-0.15, -0.1) is 0 Å². The summed E-state index contributed by atoms with van der Waals surface area (Å²) in [4.78, 5) is 2.72. The zero-order valence-corrected chi connectivity index (χ0v) is 13.3. The van der Waals surface area contributed by atoms with E-state index in [2.05, 4.69) is 61.3 Å². The van der Waals surface area contributed by atoms with Crippen LogP contribution in [0.3, 0.4) is 0 Å². The highest BCUT2D eigenvalue weighted by Crippen LogP contribution is 2.17. The molecule has 1 aliphatic rings.